The molecule has 0 N–H and O–H groups in total. The molecule has 0 aliphatic heterocycles. The maximum atomic E-state index is 5.17. The smallest absolute Gasteiger partial charge is 0.119 e. The fraction of sp³-hybridized carbons (Fsp3) is 0.0667. The molecule has 0 saturated heterocycles. The number of rotatable bonds is 2. The van der Waals surface area contributed by atoms with Gasteiger partial charge in [-0.2, -0.15) is 0 Å². The molecule has 0 saturated carbocycles. The minimum absolute atomic E-state index is 0.873. The summed E-state index contributed by atoms with van der Waals surface area (Å²) in [4.78, 5) is 0. The van der Waals surface area contributed by atoms with Crippen LogP contribution in [0.1, 0.15) is 0 Å². The molecule has 3 heteroatoms. The molecule has 2 nitrogen and oxygen atoms in total. The van der Waals surface area contributed by atoms with Gasteiger partial charge in [0.15, 0.2) is 0 Å². The van der Waals surface area contributed by atoms with Gasteiger partial charge in [0, 0.05) is 21.7 Å². The molecule has 0 amide bonds. The maximum Gasteiger partial charge on any atom is 0.119 e. The Hall–Kier alpha value is -1.74. The van der Waals surface area contributed by atoms with E-state index in [2.05, 4.69) is 63.1 Å². The molecular formula is C15H12BrNO. The average molecular weight is 302 g/mol. The van der Waals surface area contributed by atoms with Crippen LogP contribution in [0.3, 0.4) is 0 Å². The Bertz CT molecular complexity index is 685. The largest absolute Gasteiger partial charge is 0.497 e. The number of aromatic nitrogens is 1. The molecule has 0 fully saturated rings. The molecular weight excluding hydrogens is 290 g/mol. The Labute approximate surface area is 114 Å². The summed E-state index contributed by atoms with van der Waals surface area (Å²) in [5.41, 5.74) is 2.33. The molecule has 3 aromatic rings. The van der Waals surface area contributed by atoms with E-state index >= 15 is 0 Å². The van der Waals surface area contributed by atoms with Gasteiger partial charge in [0.1, 0.15) is 5.75 Å². The lowest BCUT2D eigenvalue weighted by Gasteiger charge is -2.06. The second kappa shape index (κ2) is 4.50. The van der Waals surface area contributed by atoms with Gasteiger partial charge >= 0.3 is 0 Å². The third-order valence-corrected chi connectivity index (χ3v) is 3.50. The van der Waals surface area contributed by atoms with Crippen molar-refractivity contribution in [2.45, 2.75) is 0 Å². The van der Waals surface area contributed by atoms with Crippen molar-refractivity contribution in [3.05, 3.63) is 59.2 Å². The zero-order valence-electron chi connectivity index (χ0n) is 9.93. The number of hydrogen-bond acceptors (Lipinski definition) is 1. The van der Waals surface area contributed by atoms with E-state index in [-0.39, 0.29) is 0 Å². The number of benzene rings is 2. The van der Waals surface area contributed by atoms with Gasteiger partial charge in [-0.05, 0) is 48.5 Å². The lowest BCUT2D eigenvalue weighted by molar-refractivity contribution is 0.415. The number of ether oxygens (including phenoxy) is 1. The van der Waals surface area contributed by atoms with E-state index in [1.54, 1.807) is 7.11 Å². The first-order chi connectivity index (χ1) is 8.78. The number of hydrogen-bond donors (Lipinski definition) is 0. The molecule has 0 aliphatic carbocycles. The predicted octanol–water partition coefficient (Wildman–Crippen LogP) is 4.40. The zero-order valence-corrected chi connectivity index (χ0v) is 11.5. The van der Waals surface area contributed by atoms with Crippen molar-refractivity contribution < 1.29 is 4.74 Å². The van der Waals surface area contributed by atoms with Crippen LogP contribution in [0.4, 0.5) is 0 Å². The summed E-state index contributed by atoms with van der Waals surface area (Å²) >= 11 is 3.49. The summed E-state index contributed by atoms with van der Waals surface area (Å²) in [5, 5.41) is 1.22. The van der Waals surface area contributed by atoms with Crippen molar-refractivity contribution >= 4 is 26.8 Å². The first-order valence-corrected chi connectivity index (χ1v) is 6.48. The minimum atomic E-state index is 0.873. The lowest BCUT2D eigenvalue weighted by Crippen LogP contribution is -1.91. The van der Waals surface area contributed by atoms with Gasteiger partial charge in [-0.3, -0.25) is 0 Å². The second-order valence-electron chi connectivity index (χ2n) is 4.09. The van der Waals surface area contributed by atoms with Crippen molar-refractivity contribution in [2.24, 2.45) is 0 Å². The van der Waals surface area contributed by atoms with Crippen LogP contribution in [0.25, 0.3) is 16.6 Å². The van der Waals surface area contributed by atoms with Gasteiger partial charge in [-0.25, -0.2) is 0 Å². The van der Waals surface area contributed by atoms with Crippen LogP contribution in [-0.4, -0.2) is 11.7 Å². The van der Waals surface area contributed by atoms with Crippen molar-refractivity contribution in [3.63, 3.8) is 0 Å². The zero-order chi connectivity index (χ0) is 12.5. The summed E-state index contributed by atoms with van der Waals surface area (Å²) in [5.74, 6) is 0.873. The first-order valence-electron chi connectivity index (χ1n) is 5.69. The van der Waals surface area contributed by atoms with Crippen LogP contribution >= 0.6 is 15.9 Å². The van der Waals surface area contributed by atoms with Gasteiger partial charge < -0.3 is 9.30 Å². The van der Waals surface area contributed by atoms with E-state index in [9.17, 15) is 0 Å². The molecule has 90 valence electrons. The Morgan fingerprint density at radius 1 is 1.00 bits per heavy atom. The van der Waals surface area contributed by atoms with Crippen molar-refractivity contribution in [1.82, 2.24) is 4.57 Å². The Kier molecular flexibility index (Phi) is 2.84. The summed E-state index contributed by atoms with van der Waals surface area (Å²) in [6.45, 7) is 0. The maximum absolute atomic E-state index is 5.17. The number of fused-ring (bicyclic) bond motifs is 1. The molecule has 1 aromatic heterocycles. The summed E-state index contributed by atoms with van der Waals surface area (Å²) in [7, 11) is 1.68. The monoisotopic (exact) mass is 301 g/mol. The molecule has 18 heavy (non-hydrogen) atoms. The molecule has 0 spiro atoms. The third kappa shape index (κ3) is 1.91. The second-order valence-corrected chi connectivity index (χ2v) is 5.00. The summed E-state index contributed by atoms with van der Waals surface area (Å²) in [6.07, 6.45) is 2.08. The fourth-order valence-electron chi connectivity index (χ4n) is 2.08. The molecule has 3 rings (SSSR count). The lowest BCUT2D eigenvalue weighted by atomic mass is 10.2. The summed E-state index contributed by atoms with van der Waals surface area (Å²) < 4.78 is 8.44. The number of halogens is 1. The van der Waals surface area contributed by atoms with Crippen molar-refractivity contribution in [1.29, 1.82) is 0 Å². The first kappa shape index (κ1) is 11.4. The molecule has 0 atom stereocenters. The van der Waals surface area contributed by atoms with E-state index in [0.29, 0.717) is 0 Å². The van der Waals surface area contributed by atoms with Crippen LogP contribution in [0.5, 0.6) is 5.75 Å². The minimum Gasteiger partial charge on any atom is -0.497 e. The third-order valence-electron chi connectivity index (χ3n) is 3.00. The van der Waals surface area contributed by atoms with Crippen LogP contribution < -0.4 is 4.74 Å². The van der Waals surface area contributed by atoms with Gasteiger partial charge in [0.25, 0.3) is 0 Å². The van der Waals surface area contributed by atoms with Crippen LogP contribution in [0, 0.1) is 0 Å². The SMILES string of the molecule is COc1ccc(-n2ccc3cc(Br)ccc32)cc1. The van der Waals surface area contributed by atoms with Crippen molar-refractivity contribution in [2.75, 3.05) is 7.11 Å². The van der Waals surface area contributed by atoms with Crippen LogP contribution in [-0.2, 0) is 0 Å². The predicted molar refractivity (Wildman–Crippen MR) is 77.5 cm³/mol. The van der Waals surface area contributed by atoms with E-state index in [0.717, 1.165) is 15.9 Å². The van der Waals surface area contributed by atoms with Crippen LogP contribution in [0.2, 0.25) is 0 Å². The highest BCUT2D eigenvalue weighted by Crippen LogP contribution is 2.24. The Morgan fingerprint density at radius 2 is 1.78 bits per heavy atom. The van der Waals surface area contributed by atoms with Gasteiger partial charge in [-0.1, -0.05) is 15.9 Å². The van der Waals surface area contributed by atoms with Crippen molar-refractivity contribution in [3.8, 4) is 11.4 Å². The highest BCUT2D eigenvalue weighted by molar-refractivity contribution is 9.10. The Morgan fingerprint density at radius 3 is 2.50 bits per heavy atom. The van der Waals surface area contributed by atoms with E-state index in [4.69, 9.17) is 4.74 Å². The highest BCUT2D eigenvalue weighted by Gasteiger charge is 2.03. The van der Waals surface area contributed by atoms with Crippen LogP contribution in [0.15, 0.2) is 59.2 Å². The average Bonchev–Trinajstić information content (AvgIpc) is 2.81. The molecule has 0 bridgehead atoms. The Balaban J connectivity index is 2.13. The quantitative estimate of drug-likeness (QED) is 0.684. The van der Waals surface area contributed by atoms with E-state index in [1.165, 1.54) is 10.9 Å². The molecule has 0 radical (unpaired) electrons. The fourth-order valence-corrected chi connectivity index (χ4v) is 2.46. The van der Waals surface area contributed by atoms with E-state index in [1.807, 2.05) is 12.1 Å². The molecule has 0 aliphatic rings. The molecule has 1 heterocycles. The number of methoxy groups -OCH3 is 1. The van der Waals surface area contributed by atoms with E-state index < -0.39 is 0 Å². The van der Waals surface area contributed by atoms with Gasteiger partial charge in [0.05, 0.1) is 12.6 Å². The van der Waals surface area contributed by atoms with Gasteiger partial charge in [-0.15, -0.1) is 0 Å². The standard InChI is InChI=1S/C15H12BrNO/c1-18-14-5-3-13(4-6-14)17-9-8-11-10-12(16)2-7-15(11)17/h2-10H,1H3. The number of nitrogens with zero attached hydrogens (tertiary/aromatic N) is 1. The normalized spacial score (nSPS) is 10.8. The molecule has 2 aromatic carbocycles. The molecule has 0 unspecified atom stereocenters. The van der Waals surface area contributed by atoms with Gasteiger partial charge in [0.2, 0.25) is 0 Å². The highest BCUT2D eigenvalue weighted by atomic mass is 79.9. The summed E-state index contributed by atoms with van der Waals surface area (Å²) in [6, 6.07) is 16.5. The topological polar surface area (TPSA) is 14.2 Å².